The highest BCUT2D eigenvalue weighted by Gasteiger charge is 2.21. The molecule has 0 radical (unpaired) electrons. The molecule has 1 aromatic carbocycles. The Balaban J connectivity index is 2.46. The van der Waals surface area contributed by atoms with Crippen molar-refractivity contribution in [1.82, 2.24) is 10.6 Å². The molecule has 0 aromatic heterocycles. The molecule has 0 bridgehead atoms. The molecule has 21 heavy (non-hydrogen) atoms. The van der Waals surface area contributed by atoms with Crippen LogP contribution >= 0.6 is 0 Å². The van der Waals surface area contributed by atoms with E-state index >= 15 is 0 Å². The highest BCUT2D eigenvalue weighted by Crippen LogP contribution is 2.06. The summed E-state index contributed by atoms with van der Waals surface area (Å²) in [6.07, 6.45) is -0.620. The SMILES string of the molecule is COCCCNCC(O)C(Cc1ccccc1)NC(=O)O. The molecule has 118 valence electrons. The summed E-state index contributed by atoms with van der Waals surface area (Å²) in [5.41, 5.74) is 0.981. The molecule has 0 aliphatic rings. The number of hydrogen-bond donors (Lipinski definition) is 4. The molecule has 0 saturated carbocycles. The Labute approximate surface area is 125 Å². The van der Waals surface area contributed by atoms with Gasteiger partial charge in [-0.3, -0.25) is 0 Å². The monoisotopic (exact) mass is 296 g/mol. The van der Waals surface area contributed by atoms with Crippen LogP contribution in [0.3, 0.4) is 0 Å². The second-order valence-corrected chi connectivity index (χ2v) is 4.86. The zero-order valence-corrected chi connectivity index (χ0v) is 12.3. The Bertz CT molecular complexity index is 400. The molecule has 0 heterocycles. The highest BCUT2D eigenvalue weighted by molar-refractivity contribution is 5.65. The molecule has 4 N–H and O–H groups in total. The molecule has 1 rings (SSSR count). The number of rotatable bonds is 10. The van der Waals surface area contributed by atoms with Crippen molar-refractivity contribution in [2.75, 3.05) is 26.8 Å². The average molecular weight is 296 g/mol. The van der Waals surface area contributed by atoms with E-state index in [4.69, 9.17) is 9.84 Å². The van der Waals surface area contributed by atoms with Crippen molar-refractivity contribution < 1.29 is 19.7 Å². The summed E-state index contributed by atoms with van der Waals surface area (Å²) < 4.78 is 4.94. The average Bonchev–Trinajstić information content (AvgIpc) is 2.47. The maximum Gasteiger partial charge on any atom is 0.404 e. The van der Waals surface area contributed by atoms with E-state index in [1.165, 1.54) is 0 Å². The summed E-state index contributed by atoms with van der Waals surface area (Å²) in [5, 5.41) is 24.5. The van der Waals surface area contributed by atoms with Crippen LogP contribution in [0.15, 0.2) is 30.3 Å². The Hall–Kier alpha value is -1.63. The van der Waals surface area contributed by atoms with Gasteiger partial charge in [-0.05, 0) is 24.9 Å². The van der Waals surface area contributed by atoms with Crippen LogP contribution in [-0.4, -0.2) is 55.3 Å². The van der Waals surface area contributed by atoms with Crippen LogP contribution in [0.4, 0.5) is 4.79 Å². The summed E-state index contributed by atoms with van der Waals surface area (Å²) in [6, 6.07) is 8.96. The van der Waals surface area contributed by atoms with Gasteiger partial charge in [0.2, 0.25) is 0 Å². The van der Waals surface area contributed by atoms with Gasteiger partial charge in [-0.2, -0.15) is 0 Å². The second kappa shape index (κ2) is 10.1. The number of nitrogens with one attached hydrogen (secondary N) is 2. The lowest BCUT2D eigenvalue weighted by Gasteiger charge is -2.23. The smallest absolute Gasteiger partial charge is 0.404 e. The molecule has 6 heteroatoms. The number of carboxylic acid groups (broad SMARTS) is 1. The fraction of sp³-hybridized carbons (Fsp3) is 0.533. The van der Waals surface area contributed by atoms with Crippen molar-refractivity contribution in [1.29, 1.82) is 0 Å². The van der Waals surface area contributed by atoms with Crippen LogP contribution in [0.2, 0.25) is 0 Å². The lowest BCUT2D eigenvalue weighted by molar-refractivity contribution is 0.117. The van der Waals surface area contributed by atoms with Gasteiger partial charge >= 0.3 is 6.09 Å². The van der Waals surface area contributed by atoms with Crippen molar-refractivity contribution in [2.45, 2.75) is 25.0 Å². The first-order valence-corrected chi connectivity index (χ1v) is 7.04. The Morgan fingerprint density at radius 1 is 1.33 bits per heavy atom. The quantitative estimate of drug-likeness (QED) is 0.481. The Kier molecular flexibility index (Phi) is 8.42. The third kappa shape index (κ3) is 7.65. The molecule has 0 spiro atoms. The van der Waals surface area contributed by atoms with Crippen molar-refractivity contribution in [3.63, 3.8) is 0 Å². The third-order valence-corrected chi connectivity index (χ3v) is 3.13. The van der Waals surface area contributed by atoms with Crippen LogP contribution in [0.25, 0.3) is 0 Å². The van der Waals surface area contributed by atoms with Gasteiger partial charge in [0.05, 0.1) is 12.1 Å². The van der Waals surface area contributed by atoms with E-state index in [-0.39, 0.29) is 0 Å². The lowest BCUT2D eigenvalue weighted by atomic mass is 10.0. The third-order valence-electron chi connectivity index (χ3n) is 3.13. The van der Waals surface area contributed by atoms with Crippen molar-refractivity contribution >= 4 is 6.09 Å². The fourth-order valence-corrected chi connectivity index (χ4v) is 2.04. The maximum absolute atomic E-state index is 10.9. The molecule has 0 aliphatic heterocycles. The molecule has 2 atom stereocenters. The Morgan fingerprint density at radius 2 is 2.05 bits per heavy atom. The zero-order chi connectivity index (χ0) is 15.5. The first-order valence-electron chi connectivity index (χ1n) is 7.04. The van der Waals surface area contributed by atoms with Crippen molar-refractivity contribution in [2.24, 2.45) is 0 Å². The number of aliphatic hydroxyl groups is 1. The molecule has 2 unspecified atom stereocenters. The normalized spacial score (nSPS) is 13.6. The minimum atomic E-state index is -1.13. The molecular formula is C15H24N2O4. The number of hydrogen-bond acceptors (Lipinski definition) is 4. The van der Waals surface area contributed by atoms with Gasteiger partial charge in [0.15, 0.2) is 0 Å². The summed E-state index contributed by atoms with van der Waals surface area (Å²) >= 11 is 0. The summed E-state index contributed by atoms with van der Waals surface area (Å²) in [5.74, 6) is 0. The van der Waals surface area contributed by atoms with Crippen molar-refractivity contribution in [3.8, 4) is 0 Å². The van der Waals surface area contributed by atoms with Crippen LogP contribution < -0.4 is 10.6 Å². The predicted octanol–water partition coefficient (Wildman–Crippen LogP) is 0.852. The lowest BCUT2D eigenvalue weighted by Crippen LogP contribution is -2.48. The summed E-state index contributed by atoms with van der Waals surface area (Å²) in [7, 11) is 1.64. The molecule has 0 fully saturated rings. The molecule has 1 amide bonds. The van der Waals surface area contributed by atoms with Gasteiger partial charge in [-0.1, -0.05) is 30.3 Å². The van der Waals surface area contributed by atoms with Gasteiger partial charge in [-0.15, -0.1) is 0 Å². The topological polar surface area (TPSA) is 90.8 Å². The van der Waals surface area contributed by atoms with E-state index in [1.807, 2.05) is 30.3 Å². The van der Waals surface area contributed by atoms with Gasteiger partial charge in [0, 0.05) is 20.3 Å². The fourth-order valence-electron chi connectivity index (χ4n) is 2.04. The standard InChI is InChI=1S/C15H24N2O4/c1-21-9-5-8-16-11-14(18)13(17-15(19)20)10-12-6-3-2-4-7-12/h2-4,6-7,13-14,16-18H,5,8-11H2,1H3,(H,19,20). The number of amides is 1. The van der Waals surface area contributed by atoms with E-state index < -0.39 is 18.2 Å². The zero-order valence-electron chi connectivity index (χ0n) is 12.3. The largest absolute Gasteiger partial charge is 0.465 e. The predicted molar refractivity (Wildman–Crippen MR) is 80.5 cm³/mol. The van der Waals surface area contributed by atoms with Crippen LogP contribution in [0.1, 0.15) is 12.0 Å². The minimum Gasteiger partial charge on any atom is -0.465 e. The maximum atomic E-state index is 10.9. The minimum absolute atomic E-state index is 0.335. The summed E-state index contributed by atoms with van der Waals surface area (Å²) in [6.45, 7) is 1.71. The number of methoxy groups -OCH3 is 1. The highest BCUT2D eigenvalue weighted by atomic mass is 16.5. The second-order valence-electron chi connectivity index (χ2n) is 4.86. The molecule has 0 saturated heterocycles. The molecular weight excluding hydrogens is 272 g/mol. The molecule has 6 nitrogen and oxygen atoms in total. The number of carbonyl (C=O) groups is 1. The van der Waals surface area contributed by atoms with Crippen LogP contribution in [0, 0.1) is 0 Å². The van der Waals surface area contributed by atoms with E-state index in [0.29, 0.717) is 19.6 Å². The molecule has 0 aliphatic carbocycles. The first kappa shape index (κ1) is 17.4. The molecule has 1 aromatic rings. The van der Waals surface area contributed by atoms with E-state index in [2.05, 4.69) is 10.6 Å². The van der Waals surface area contributed by atoms with E-state index in [9.17, 15) is 9.90 Å². The van der Waals surface area contributed by atoms with Crippen LogP contribution in [-0.2, 0) is 11.2 Å². The number of benzene rings is 1. The summed E-state index contributed by atoms with van der Waals surface area (Å²) in [4.78, 5) is 10.9. The van der Waals surface area contributed by atoms with Crippen LogP contribution in [0.5, 0.6) is 0 Å². The van der Waals surface area contributed by atoms with E-state index in [0.717, 1.165) is 18.5 Å². The number of ether oxygens (including phenoxy) is 1. The van der Waals surface area contributed by atoms with Gasteiger partial charge in [-0.25, -0.2) is 4.79 Å². The van der Waals surface area contributed by atoms with Gasteiger partial charge in [0.1, 0.15) is 0 Å². The number of aliphatic hydroxyl groups excluding tert-OH is 1. The first-order chi connectivity index (χ1) is 10.1. The van der Waals surface area contributed by atoms with Crippen molar-refractivity contribution in [3.05, 3.63) is 35.9 Å². The van der Waals surface area contributed by atoms with E-state index in [1.54, 1.807) is 7.11 Å². The van der Waals surface area contributed by atoms with Gasteiger partial charge in [0.25, 0.3) is 0 Å². The Morgan fingerprint density at radius 3 is 2.67 bits per heavy atom. The van der Waals surface area contributed by atoms with Gasteiger partial charge < -0.3 is 25.6 Å².